The van der Waals surface area contributed by atoms with E-state index < -0.39 is 0 Å². The van der Waals surface area contributed by atoms with E-state index in [1.54, 1.807) is 7.11 Å². The van der Waals surface area contributed by atoms with Gasteiger partial charge in [0.05, 0.1) is 25.3 Å². The second-order valence-electron chi connectivity index (χ2n) is 2.71. The van der Waals surface area contributed by atoms with Gasteiger partial charge in [0.2, 0.25) is 0 Å². The summed E-state index contributed by atoms with van der Waals surface area (Å²) in [5, 5.41) is 0. The number of halogens is 1. The van der Waals surface area contributed by atoms with E-state index in [1.165, 1.54) is 12.7 Å². The predicted octanol–water partition coefficient (Wildman–Crippen LogP) is 2.58. The largest absolute Gasteiger partial charge is 0.496 e. The summed E-state index contributed by atoms with van der Waals surface area (Å²) in [5.41, 5.74) is 1.18. The maximum Gasteiger partial charge on any atom is 0.133 e. The van der Waals surface area contributed by atoms with Crippen molar-refractivity contribution in [1.29, 1.82) is 0 Å². The lowest BCUT2D eigenvalue weighted by Gasteiger charge is -2.05. The van der Waals surface area contributed by atoms with E-state index in [2.05, 4.69) is 20.8 Å². The Hall–Kier alpha value is -0.580. The van der Waals surface area contributed by atoms with Gasteiger partial charge in [-0.3, -0.25) is 0 Å². The van der Waals surface area contributed by atoms with Gasteiger partial charge in [0.1, 0.15) is 5.75 Å². The topological polar surface area (TPSA) is 27.7 Å². The molecule has 0 amide bonds. The first kappa shape index (κ1) is 11.5. The van der Waals surface area contributed by atoms with E-state index in [4.69, 9.17) is 9.62 Å². The predicted molar refractivity (Wildman–Crippen MR) is 57.4 cm³/mol. The Bertz CT molecular complexity index is 289. The highest BCUT2D eigenvalue weighted by Gasteiger charge is 2.01. The smallest absolute Gasteiger partial charge is 0.133 e. The van der Waals surface area contributed by atoms with Crippen molar-refractivity contribution in [2.45, 2.75) is 6.42 Å². The highest BCUT2D eigenvalue weighted by atomic mass is 79.9. The summed E-state index contributed by atoms with van der Waals surface area (Å²) in [4.78, 5) is 9.29. The Balaban J connectivity index is 2.57. The summed E-state index contributed by atoms with van der Waals surface area (Å²) in [5.74, 6) is 0.835. The lowest BCUT2D eigenvalue weighted by molar-refractivity contribution is -0.271. The zero-order valence-corrected chi connectivity index (χ0v) is 9.83. The molecule has 0 aliphatic carbocycles. The summed E-state index contributed by atoms with van der Waals surface area (Å²) >= 11 is 3.42. The molecule has 0 heterocycles. The van der Waals surface area contributed by atoms with Gasteiger partial charge < -0.3 is 4.74 Å². The molecule has 0 saturated carbocycles. The van der Waals surface area contributed by atoms with Crippen LogP contribution in [0.3, 0.4) is 0 Å². The van der Waals surface area contributed by atoms with Crippen LogP contribution in [0.1, 0.15) is 5.56 Å². The minimum Gasteiger partial charge on any atom is -0.496 e. The van der Waals surface area contributed by atoms with E-state index in [0.717, 1.165) is 16.6 Å². The van der Waals surface area contributed by atoms with Crippen LogP contribution in [0.25, 0.3) is 0 Å². The zero-order valence-electron chi connectivity index (χ0n) is 8.25. The minimum absolute atomic E-state index is 0.551. The highest BCUT2D eigenvalue weighted by Crippen LogP contribution is 2.25. The molecule has 3 nitrogen and oxygen atoms in total. The minimum atomic E-state index is 0.551. The van der Waals surface area contributed by atoms with Crippen molar-refractivity contribution in [3.05, 3.63) is 28.2 Å². The van der Waals surface area contributed by atoms with Crippen LogP contribution in [0.15, 0.2) is 22.7 Å². The summed E-state index contributed by atoms with van der Waals surface area (Å²) in [7, 11) is 3.15. The van der Waals surface area contributed by atoms with Crippen molar-refractivity contribution in [2.75, 3.05) is 20.8 Å². The Labute approximate surface area is 92.0 Å². The van der Waals surface area contributed by atoms with E-state index in [1.807, 2.05) is 18.2 Å². The average molecular weight is 261 g/mol. The summed E-state index contributed by atoms with van der Waals surface area (Å²) < 4.78 is 6.08. The molecular formula is C10H13BrO3. The number of rotatable bonds is 5. The lowest BCUT2D eigenvalue weighted by atomic mass is 10.1. The molecule has 1 aromatic rings. The molecule has 0 aliphatic rings. The first-order chi connectivity index (χ1) is 6.77. The third-order valence-electron chi connectivity index (χ3n) is 1.81. The van der Waals surface area contributed by atoms with Crippen LogP contribution in [0.4, 0.5) is 0 Å². The number of benzene rings is 1. The molecule has 0 atom stereocenters. The third kappa shape index (κ3) is 3.29. The Morgan fingerprint density at radius 3 is 2.64 bits per heavy atom. The summed E-state index contributed by atoms with van der Waals surface area (Å²) in [6.45, 7) is 0.551. The molecule has 1 aromatic carbocycles. The monoisotopic (exact) mass is 260 g/mol. The quantitative estimate of drug-likeness (QED) is 0.463. The van der Waals surface area contributed by atoms with Crippen molar-refractivity contribution in [2.24, 2.45) is 0 Å². The SMILES string of the molecule is COOCCc1ccc(OC)c(Br)c1. The fourth-order valence-corrected chi connectivity index (χ4v) is 1.70. The van der Waals surface area contributed by atoms with E-state index in [0.29, 0.717) is 6.61 Å². The fraction of sp³-hybridized carbons (Fsp3) is 0.400. The van der Waals surface area contributed by atoms with Crippen molar-refractivity contribution in [1.82, 2.24) is 0 Å². The molecule has 0 aromatic heterocycles. The number of hydrogen-bond acceptors (Lipinski definition) is 3. The van der Waals surface area contributed by atoms with Gasteiger partial charge in [0.25, 0.3) is 0 Å². The lowest BCUT2D eigenvalue weighted by Crippen LogP contribution is -1.97. The molecule has 0 bridgehead atoms. The van der Waals surface area contributed by atoms with Crippen LogP contribution in [-0.4, -0.2) is 20.8 Å². The summed E-state index contributed by atoms with van der Waals surface area (Å²) in [6, 6.07) is 5.94. The molecular weight excluding hydrogens is 248 g/mol. The van der Waals surface area contributed by atoms with Crippen LogP contribution in [0.5, 0.6) is 5.75 Å². The second-order valence-corrected chi connectivity index (χ2v) is 3.56. The van der Waals surface area contributed by atoms with Crippen molar-refractivity contribution in [3.63, 3.8) is 0 Å². The van der Waals surface area contributed by atoms with E-state index >= 15 is 0 Å². The highest BCUT2D eigenvalue weighted by molar-refractivity contribution is 9.10. The van der Waals surface area contributed by atoms with Crippen LogP contribution >= 0.6 is 15.9 Å². The molecule has 0 saturated heterocycles. The Morgan fingerprint density at radius 1 is 1.29 bits per heavy atom. The molecule has 0 N–H and O–H groups in total. The van der Waals surface area contributed by atoms with Crippen LogP contribution < -0.4 is 4.74 Å². The molecule has 1 rings (SSSR count). The Morgan fingerprint density at radius 2 is 2.07 bits per heavy atom. The van der Waals surface area contributed by atoms with Crippen molar-refractivity contribution >= 4 is 15.9 Å². The van der Waals surface area contributed by atoms with Gasteiger partial charge in [0, 0.05) is 0 Å². The number of hydrogen-bond donors (Lipinski definition) is 0. The Kier molecular flexibility index (Phi) is 4.93. The van der Waals surface area contributed by atoms with Crippen molar-refractivity contribution in [3.8, 4) is 5.75 Å². The standard InChI is InChI=1S/C10H13BrO3/c1-12-10-4-3-8(7-9(10)11)5-6-14-13-2/h3-4,7H,5-6H2,1-2H3. The van der Waals surface area contributed by atoms with Crippen LogP contribution in [0, 0.1) is 0 Å². The maximum atomic E-state index is 5.12. The van der Waals surface area contributed by atoms with Crippen molar-refractivity contribution < 1.29 is 14.5 Å². The molecule has 0 aliphatic heterocycles. The molecule has 0 fully saturated rings. The zero-order chi connectivity index (χ0) is 10.4. The summed E-state index contributed by atoms with van der Waals surface area (Å²) in [6.07, 6.45) is 0.816. The number of ether oxygens (including phenoxy) is 1. The third-order valence-corrected chi connectivity index (χ3v) is 2.43. The van der Waals surface area contributed by atoms with Gasteiger partial charge in [-0.2, -0.15) is 0 Å². The number of methoxy groups -OCH3 is 1. The normalized spacial score (nSPS) is 10.2. The molecule has 4 heteroatoms. The molecule has 14 heavy (non-hydrogen) atoms. The first-order valence-corrected chi connectivity index (χ1v) is 5.05. The average Bonchev–Trinajstić information content (AvgIpc) is 2.18. The van der Waals surface area contributed by atoms with Gasteiger partial charge in [-0.15, -0.1) is 0 Å². The van der Waals surface area contributed by atoms with Gasteiger partial charge in [-0.25, -0.2) is 9.78 Å². The van der Waals surface area contributed by atoms with E-state index in [-0.39, 0.29) is 0 Å². The molecule has 0 spiro atoms. The van der Waals surface area contributed by atoms with Gasteiger partial charge in [0.15, 0.2) is 0 Å². The van der Waals surface area contributed by atoms with Gasteiger partial charge in [-0.05, 0) is 40.0 Å². The first-order valence-electron chi connectivity index (χ1n) is 4.26. The fourth-order valence-electron chi connectivity index (χ4n) is 1.11. The molecule has 0 unspecified atom stereocenters. The van der Waals surface area contributed by atoms with Crippen LogP contribution in [0.2, 0.25) is 0 Å². The maximum absolute atomic E-state index is 5.12. The van der Waals surface area contributed by atoms with Gasteiger partial charge in [-0.1, -0.05) is 6.07 Å². The van der Waals surface area contributed by atoms with Crippen LogP contribution in [-0.2, 0) is 16.2 Å². The molecule has 0 radical (unpaired) electrons. The van der Waals surface area contributed by atoms with Gasteiger partial charge >= 0.3 is 0 Å². The molecule has 78 valence electrons. The van der Waals surface area contributed by atoms with E-state index in [9.17, 15) is 0 Å². The second kappa shape index (κ2) is 6.01.